The molecule has 0 fully saturated rings. The van der Waals surface area contributed by atoms with E-state index >= 15 is 0 Å². The topological polar surface area (TPSA) is 47.9 Å². The van der Waals surface area contributed by atoms with E-state index in [-0.39, 0.29) is 17.2 Å². The Hall–Kier alpha value is -1.26. The zero-order valence-corrected chi connectivity index (χ0v) is 9.96. The van der Waals surface area contributed by atoms with Gasteiger partial charge < -0.3 is 9.57 Å². The Labute approximate surface area is 103 Å². The summed E-state index contributed by atoms with van der Waals surface area (Å²) in [7, 11) is 1.39. The summed E-state index contributed by atoms with van der Waals surface area (Å²) >= 11 is 11.5. The van der Waals surface area contributed by atoms with Gasteiger partial charge in [-0.1, -0.05) is 28.4 Å². The van der Waals surface area contributed by atoms with Gasteiger partial charge in [-0.3, -0.25) is 4.79 Å². The molecule has 0 atom stereocenters. The SMILES string of the molecule is CO/N=C/CC(=O)Oc1ccc(Cl)cc1Cl. The predicted molar refractivity (Wildman–Crippen MR) is 62.2 cm³/mol. The summed E-state index contributed by atoms with van der Waals surface area (Å²) in [5.41, 5.74) is 0. The summed E-state index contributed by atoms with van der Waals surface area (Å²) in [5, 5.41) is 4.17. The molecule has 0 saturated heterocycles. The standard InChI is InChI=1S/C10H9Cl2NO3/c1-15-13-5-4-10(14)16-9-3-2-7(11)6-8(9)12/h2-3,5-6H,4H2,1H3/b13-5+. The Balaban J connectivity index is 2.59. The minimum atomic E-state index is -0.481. The summed E-state index contributed by atoms with van der Waals surface area (Å²) in [4.78, 5) is 15.7. The van der Waals surface area contributed by atoms with Crippen molar-refractivity contribution in [3.8, 4) is 5.75 Å². The zero-order valence-electron chi connectivity index (χ0n) is 8.44. The molecule has 0 unspecified atom stereocenters. The van der Waals surface area contributed by atoms with Gasteiger partial charge in [-0.25, -0.2) is 0 Å². The van der Waals surface area contributed by atoms with Gasteiger partial charge in [-0.15, -0.1) is 0 Å². The van der Waals surface area contributed by atoms with Crippen molar-refractivity contribution in [3.63, 3.8) is 0 Å². The first kappa shape index (κ1) is 12.8. The number of esters is 1. The van der Waals surface area contributed by atoms with Crippen molar-refractivity contribution in [2.24, 2.45) is 5.16 Å². The van der Waals surface area contributed by atoms with Crippen LogP contribution in [-0.4, -0.2) is 19.3 Å². The van der Waals surface area contributed by atoms with Crippen molar-refractivity contribution >= 4 is 35.4 Å². The van der Waals surface area contributed by atoms with Gasteiger partial charge in [0.15, 0.2) is 0 Å². The van der Waals surface area contributed by atoms with Gasteiger partial charge in [0.25, 0.3) is 0 Å². The lowest BCUT2D eigenvalue weighted by molar-refractivity contribution is -0.132. The van der Waals surface area contributed by atoms with Crippen molar-refractivity contribution in [1.29, 1.82) is 0 Å². The van der Waals surface area contributed by atoms with Gasteiger partial charge in [0.05, 0.1) is 17.7 Å². The molecule has 0 amide bonds. The van der Waals surface area contributed by atoms with Gasteiger partial charge in [-0.2, -0.15) is 0 Å². The summed E-state index contributed by atoms with van der Waals surface area (Å²) in [6, 6.07) is 4.60. The quantitative estimate of drug-likeness (QED) is 0.363. The number of carbonyl (C=O) groups is 1. The van der Waals surface area contributed by atoms with Crippen molar-refractivity contribution in [1.82, 2.24) is 0 Å². The van der Waals surface area contributed by atoms with Crippen molar-refractivity contribution in [2.75, 3.05) is 7.11 Å². The van der Waals surface area contributed by atoms with Crippen LogP contribution in [0.1, 0.15) is 6.42 Å². The molecule has 1 aromatic rings. The summed E-state index contributed by atoms with van der Waals surface area (Å²) in [6.07, 6.45) is 1.30. The number of oxime groups is 1. The van der Waals surface area contributed by atoms with Crippen LogP contribution in [0.4, 0.5) is 0 Å². The molecule has 0 N–H and O–H groups in total. The lowest BCUT2D eigenvalue weighted by atomic mass is 10.3. The van der Waals surface area contributed by atoms with E-state index in [1.807, 2.05) is 0 Å². The molecule has 1 rings (SSSR count). The van der Waals surface area contributed by atoms with E-state index in [0.29, 0.717) is 5.02 Å². The zero-order chi connectivity index (χ0) is 12.0. The van der Waals surface area contributed by atoms with Crippen LogP contribution in [0.3, 0.4) is 0 Å². The molecule has 0 aliphatic heterocycles. The van der Waals surface area contributed by atoms with Crippen LogP contribution < -0.4 is 4.74 Å². The predicted octanol–water partition coefficient (Wildman–Crippen LogP) is 2.92. The van der Waals surface area contributed by atoms with E-state index in [1.54, 1.807) is 6.07 Å². The van der Waals surface area contributed by atoms with Crippen LogP contribution in [0.15, 0.2) is 23.4 Å². The second-order valence-electron chi connectivity index (χ2n) is 2.72. The lowest BCUT2D eigenvalue weighted by Gasteiger charge is -2.04. The third-order valence-corrected chi connectivity index (χ3v) is 2.09. The van der Waals surface area contributed by atoms with Crippen LogP contribution in [0.2, 0.25) is 10.0 Å². The average Bonchev–Trinajstić information content (AvgIpc) is 2.23. The van der Waals surface area contributed by atoms with Crippen LogP contribution in [0, 0.1) is 0 Å². The van der Waals surface area contributed by atoms with E-state index in [1.165, 1.54) is 25.5 Å². The van der Waals surface area contributed by atoms with E-state index < -0.39 is 5.97 Å². The average molecular weight is 262 g/mol. The Kier molecular flexibility index (Phi) is 5.08. The molecule has 0 saturated carbocycles. The van der Waals surface area contributed by atoms with Gasteiger partial charge in [0, 0.05) is 5.02 Å². The summed E-state index contributed by atoms with van der Waals surface area (Å²) in [5.74, 6) is -0.216. The fourth-order valence-corrected chi connectivity index (χ4v) is 1.36. The molecule has 1 aromatic carbocycles. The van der Waals surface area contributed by atoms with Crippen LogP contribution >= 0.6 is 23.2 Å². The van der Waals surface area contributed by atoms with E-state index in [2.05, 4.69) is 9.99 Å². The van der Waals surface area contributed by atoms with Gasteiger partial charge >= 0.3 is 5.97 Å². The molecule has 0 radical (unpaired) electrons. The van der Waals surface area contributed by atoms with E-state index in [9.17, 15) is 4.79 Å². The number of benzene rings is 1. The van der Waals surface area contributed by atoms with Gasteiger partial charge in [0.1, 0.15) is 12.9 Å². The minimum absolute atomic E-state index is 0.00674. The van der Waals surface area contributed by atoms with E-state index in [4.69, 9.17) is 27.9 Å². The van der Waals surface area contributed by atoms with Crippen molar-refractivity contribution in [2.45, 2.75) is 6.42 Å². The first-order valence-electron chi connectivity index (χ1n) is 4.34. The number of hydrogen-bond donors (Lipinski definition) is 0. The summed E-state index contributed by atoms with van der Waals surface area (Å²) < 4.78 is 4.97. The Morgan fingerprint density at radius 3 is 2.88 bits per heavy atom. The maximum Gasteiger partial charge on any atom is 0.316 e. The molecule has 0 spiro atoms. The first-order valence-corrected chi connectivity index (χ1v) is 5.10. The fourth-order valence-electron chi connectivity index (χ4n) is 0.909. The normalized spacial score (nSPS) is 10.4. The molecule has 0 bridgehead atoms. The third-order valence-electron chi connectivity index (χ3n) is 1.56. The number of ether oxygens (including phenoxy) is 1. The molecule has 0 aliphatic rings. The lowest BCUT2D eigenvalue weighted by Crippen LogP contribution is -2.08. The first-order chi connectivity index (χ1) is 7.63. The number of halogens is 2. The largest absolute Gasteiger partial charge is 0.425 e. The monoisotopic (exact) mass is 261 g/mol. The van der Waals surface area contributed by atoms with Crippen LogP contribution in [-0.2, 0) is 9.63 Å². The molecule has 0 aliphatic carbocycles. The second kappa shape index (κ2) is 6.35. The van der Waals surface area contributed by atoms with Crippen molar-refractivity contribution in [3.05, 3.63) is 28.2 Å². The number of hydrogen-bond acceptors (Lipinski definition) is 4. The highest BCUT2D eigenvalue weighted by Gasteiger charge is 2.07. The Morgan fingerprint density at radius 2 is 2.25 bits per heavy atom. The molecular weight excluding hydrogens is 253 g/mol. The molecule has 6 heteroatoms. The molecular formula is C10H9Cl2NO3. The van der Waals surface area contributed by atoms with Gasteiger partial charge in [-0.05, 0) is 18.2 Å². The Morgan fingerprint density at radius 1 is 1.50 bits per heavy atom. The number of carbonyl (C=O) groups excluding carboxylic acids is 1. The third kappa shape index (κ3) is 4.08. The molecule has 4 nitrogen and oxygen atoms in total. The molecule has 86 valence electrons. The fraction of sp³-hybridized carbons (Fsp3) is 0.200. The van der Waals surface area contributed by atoms with Crippen LogP contribution in [0.25, 0.3) is 0 Å². The molecule has 16 heavy (non-hydrogen) atoms. The molecule has 0 heterocycles. The highest BCUT2D eigenvalue weighted by Crippen LogP contribution is 2.27. The van der Waals surface area contributed by atoms with Gasteiger partial charge in [0.2, 0.25) is 0 Å². The summed E-state index contributed by atoms with van der Waals surface area (Å²) in [6.45, 7) is 0. The highest BCUT2D eigenvalue weighted by atomic mass is 35.5. The number of nitrogens with zero attached hydrogens (tertiary/aromatic N) is 1. The molecule has 0 aromatic heterocycles. The maximum absolute atomic E-state index is 11.3. The van der Waals surface area contributed by atoms with Crippen LogP contribution in [0.5, 0.6) is 5.75 Å². The second-order valence-corrected chi connectivity index (χ2v) is 3.57. The minimum Gasteiger partial charge on any atom is -0.425 e. The number of rotatable bonds is 4. The highest BCUT2D eigenvalue weighted by molar-refractivity contribution is 6.35. The maximum atomic E-state index is 11.3. The smallest absolute Gasteiger partial charge is 0.316 e. The van der Waals surface area contributed by atoms with E-state index in [0.717, 1.165) is 0 Å². The van der Waals surface area contributed by atoms with Crippen molar-refractivity contribution < 1.29 is 14.4 Å². The Bertz CT molecular complexity index is 407.